The molecule has 0 saturated carbocycles. The summed E-state index contributed by atoms with van der Waals surface area (Å²) in [5.74, 6) is 1.13. The highest BCUT2D eigenvalue weighted by Gasteiger charge is 2.42. The summed E-state index contributed by atoms with van der Waals surface area (Å²) < 4.78 is 0. The summed E-state index contributed by atoms with van der Waals surface area (Å²) in [5, 5.41) is 36.2. The first-order valence-electron chi connectivity index (χ1n) is 26.6. The molecule has 0 bridgehead atoms. The van der Waals surface area contributed by atoms with Crippen molar-refractivity contribution < 1.29 is 15.3 Å². The predicted molar refractivity (Wildman–Crippen MR) is 310 cm³/mol. The van der Waals surface area contributed by atoms with Gasteiger partial charge in [-0.2, -0.15) is 0 Å². The molecule has 7 aromatic rings. The third kappa shape index (κ3) is 11.4. The van der Waals surface area contributed by atoms with Crippen LogP contribution in [-0.4, -0.2) is 15.3 Å². The van der Waals surface area contributed by atoms with E-state index in [4.69, 9.17) is 0 Å². The topological polar surface area (TPSA) is 60.7 Å². The highest BCUT2D eigenvalue weighted by atomic mass is 16.3. The fourth-order valence-electron chi connectivity index (χ4n) is 11.2. The quantitative estimate of drug-likeness (QED) is 0.120. The van der Waals surface area contributed by atoms with Crippen LogP contribution in [0.5, 0.6) is 17.2 Å². The van der Waals surface area contributed by atoms with Crippen LogP contribution in [0.1, 0.15) is 214 Å². The Labute approximate surface area is 440 Å². The Kier molecular flexibility index (Phi) is 14.7. The molecule has 0 amide bonds. The van der Waals surface area contributed by atoms with Gasteiger partial charge in [0.05, 0.1) is 5.41 Å². The van der Waals surface area contributed by atoms with Crippen molar-refractivity contribution in [2.24, 2.45) is 0 Å². The monoisotopic (exact) mass is 975 g/mol. The average Bonchev–Trinajstić information content (AvgIpc) is 3.27. The van der Waals surface area contributed by atoms with Crippen molar-refractivity contribution in [1.82, 2.24) is 0 Å². The van der Waals surface area contributed by atoms with E-state index in [1.54, 1.807) is 0 Å². The second-order valence-corrected chi connectivity index (χ2v) is 27.3. The maximum absolute atomic E-state index is 12.1. The lowest BCUT2D eigenvalue weighted by atomic mass is 9.61. The normalized spacial score (nSPS) is 13.1. The van der Waals surface area contributed by atoms with Crippen LogP contribution in [0.15, 0.2) is 140 Å². The standard InChI is InChI=1S/C70H86O3/c1-64(2,3)54-39-46(40-55(61(54)71)65(4,5)6)34-45-35-49(37-47-41-56(66(7,8)9)62(72)57(42-47)67(10,11)12)60(50(36-45)38-48-43-58(68(13,14)15)63(73)59(44-48)69(16,17)18)70(51-28-22-19-23-29-51,52-30-24-20-25-31-52)53-32-26-21-27-33-53/h19-33,35-36,39-44,71-73H,34,37-38H2,1-18H3. The molecule has 0 aliphatic heterocycles. The van der Waals surface area contributed by atoms with Gasteiger partial charge in [-0.3, -0.25) is 0 Å². The van der Waals surface area contributed by atoms with E-state index in [1.807, 2.05) is 0 Å². The Morgan fingerprint density at radius 1 is 0.274 bits per heavy atom. The fraction of sp³-hybridized carbons (Fsp3) is 0.400. The molecule has 7 aromatic carbocycles. The lowest BCUT2D eigenvalue weighted by Gasteiger charge is -2.40. The summed E-state index contributed by atoms with van der Waals surface area (Å²) in [4.78, 5) is 0. The molecule has 3 heteroatoms. The maximum atomic E-state index is 12.1. The molecule has 0 aromatic heterocycles. The highest BCUT2D eigenvalue weighted by Crippen LogP contribution is 2.51. The minimum absolute atomic E-state index is 0.288. The van der Waals surface area contributed by atoms with Gasteiger partial charge in [-0.1, -0.05) is 264 Å². The van der Waals surface area contributed by atoms with Gasteiger partial charge < -0.3 is 15.3 Å². The molecule has 0 unspecified atom stereocenters. The molecule has 73 heavy (non-hydrogen) atoms. The van der Waals surface area contributed by atoms with E-state index in [-0.39, 0.29) is 32.5 Å². The van der Waals surface area contributed by atoms with Crippen molar-refractivity contribution in [3.8, 4) is 17.2 Å². The van der Waals surface area contributed by atoms with Crippen molar-refractivity contribution in [2.75, 3.05) is 0 Å². The van der Waals surface area contributed by atoms with E-state index < -0.39 is 5.41 Å². The van der Waals surface area contributed by atoms with Crippen molar-refractivity contribution in [3.63, 3.8) is 0 Å². The number of aromatic hydroxyl groups is 3. The molecule has 0 aliphatic carbocycles. The van der Waals surface area contributed by atoms with Crippen molar-refractivity contribution in [2.45, 2.75) is 182 Å². The van der Waals surface area contributed by atoms with Gasteiger partial charge in [-0.15, -0.1) is 0 Å². The molecular weight excluding hydrogens is 889 g/mol. The third-order valence-corrected chi connectivity index (χ3v) is 14.9. The summed E-state index contributed by atoms with van der Waals surface area (Å²) in [6.45, 7) is 39.4. The molecule has 0 atom stereocenters. The molecule has 384 valence electrons. The van der Waals surface area contributed by atoms with Gasteiger partial charge in [-0.25, -0.2) is 0 Å². The first-order valence-corrected chi connectivity index (χ1v) is 26.6. The largest absolute Gasteiger partial charge is 0.507 e. The molecule has 0 saturated heterocycles. The van der Waals surface area contributed by atoms with Crippen molar-refractivity contribution >= 4 is 0 Å². The summed E-state index contributed by atoms with van der Waals surface area (Å²) in [6, 6.07) is 51.6. The Hall–Kier alpha value is -6.06. The molecule has 3 N–H and O–H groups in total. The van der Waals surface area contributed by atoms with Crippen molar-refractivity contribution in [3.05, 3.63) is 229 Å². The fourth-order valence-corrected chi connectivity index (χ4v) is 11.2. The van der Waals surface area contributed by atoms with Gasteiger partial charge in [0.2, 0.25) is 0 Å². The van der Waals surface area contributed by atoms with Crippen LogP contribution >= 0.6 is 0 Å². The minimum Gasteiger partial charge on any atom is -0.507 e. The Balaban J connectivity index is 1.71. The van der Waals surface area contributed by atoms with Crippen LogP contribution in [0.4, 0.5) is 0 Å². The number of hydrogen-bond acceptors (Lipinski definition) is 3. The summed E-state index contributed by atoms with van der Waals surface area (Å²) in [7, 11) is 0. The minimum atomic E-state index is -0.794. The molecule has 3 nitrogen and oxygen atoms in total. The van der Waals surface area contributed by atoms with E-state index in [0.29, 0.717) is 36.5 Å². The van der Waals surface area contributed by atoms with Gasteiger partial charge in [0, 0.05) is 0 Å². The van der Waals surface area contributed by atoms with E-state index in [9.17, 15) is 15.3 Å². The van der Waals surface area contributed by atoms with Crippen LogP contribution in [0.2, 0.25) is 0 Å². The second kappa shape index (κ2) is 19.7. The molecule has 0 radical (unpaired) electrons. The predicted octanol–water partition coefficient (Wildman–Crippen LogP) is 17.7. The molecule has 0 spiro atoms. The van der Waals surface area contributed by atoms with E-state index in [0.717, 1.165) is 50.1 Å². The number of benzene rings is 7. The Morgan fingerprint density at radius 3 is 0.699 bits per heavy atom. The number of rotatable bonds is 10. The zero-order chi connectivity index (χ0) is 53.9. The van der Waals surface area contributed by atoms with E-state index in [1.165, 1.54) is 38.9 Å². The lowest BCUT2D eigenvalue weighted by molar-refractivity contribution is 0.422. The smallest absolute Gasteiger partial charge is 0.123 e. The first-order chi connectivity index (χ1) is 33.7. The number of hydrogen-bond donors (Lipinski definition) is 3. The number of phenolic OH excluding ortho intramolecular Hbond substituents is 3. The zero-order valence-electron chi connectivity index (χ0n) is 47.7. The van der Waals surface area contributed by atoms with Gasteiger partial charge in [-0.05, 0) is 141 Å². The summed E-state index contributed by atoms with van der Waals surface area (Å²) in [6.07, 6.45) is 1.85. The van der Waals surface area contributed by atoms with E-state index in [2.05, 4.69) is 264 Å². The Bertz CT molecular complexity index is 2770. The van der Waals surface area contributed by atoms with Gasteiger partial charge >= 0.3 is 0 Å². The summed E-state index contributed by atoms with van der Waals surface area (Å²) in [5.41, 5.74) is 14.8. The maximum Gasteiger partial charge on any atom is 0.123 e. The number of phenols is 3. The molecule has 0 heterocycles. The van der Waals surface area contributed by atoms with Crippen LogP contribution in [0.25, 0.3) is 0 Å². The van der Waals surface area contributed by atoms with Crippen LogP contribution in [-0.2, 0) is 57.2 Å². The zero-order valence-corrected chi connectivity index (χ0v) is 47.7. The molecule has 0 fully saturated rings. The Morgan fingerprint density at radius 2 is 0.479 bits per heavy atom. The highest BCUT2D eigenvalue weighted by molar-refractivity contribution is 5.66. The van der Waals surface area contributed by atoms with E-state index >= 15 is 0 Å². The van der Waals surface area contributed by atoms with Crippen LogP contribution in [0, 0.1) is 0 Å². The third-order valence-electron chi connectivity index (χ3n) is 14.9. The van der Waals surface area contributed by atoms with Gasteiger partial charge in [0.15, 0.2) is 0 Å². The van der Waals surface area contributed by atoms with Gasteiger partial charge in [0.1, 0.15) is 17.2 Å². The molecular formula is C70H86O3. The SMILES string of the molecule is CC(C)(C)c1cc(Cc2cc(Cc3cc(C(C)(C)C)c(O)c(C(C)(C)C)c3)c(C(c3ccccc3)(c3ccccc3)c3ccccc3)c(Cc3cc(C(C)(C)C)c(O)c(C(C)(C)C)c3)c2)cc(C(C)(C)C)c1O. The van der Waals surface area contributed by atoms with Crippen molar-refractivity contribution in [1.29, 1.82) is 0 Å². The summed E-state index contributed by atoms with van der Waals surface area (Å²) >= 11 is 0. The first kappa shape index (κ1) is 54.7. The average molecular weight is 975 g/mol. The van der Waals surface area contributed by atoms with Crippen LogP contribution in [0.3, 0.4) is 0 Å². The second-order valence-electron chi connectivity index (χ2n) is 27.3. The van der Waals surface area contributed by atoms with Gasteiger partial charge in [0.25, 0.3) is 0 Å². The van der Waals surface area contributed by atoms with Crippen LogP contribution < -0.4 is 0 Å². The molecule has 7 rings (SSSR count). The lowest BCUT2D eigenvalue weighted by Crippen LogP contribution is -2.34. The molecule has 0 aliphatic rings.